The summed E-state index contributed by atoms with van der Waals surface area (Å²) in [6.07, 6.45) is -1.39. The molecule has 0 spiro atoms. The van der Waals surface area contributed by atoms with E-state index in [0.717, 1.165) is 24.4 Å². The highest BCUT2D eigenvalue weighted by molar-refractivity contribution is 6.30. The van der Waals surface area contributed by atoms with E-state index in [1.807, 2.05) is 21.6 Å². The van der Waals surface area contributed by atoms with Crippen molar-refractivity contribution in [1.82, 2.24) is 29.6 Å². The summed E-state index contributed by atoms with van der Waals surface area (Å²) in [7, 11) is 0. The Hall–Kier alpha value is -3.23. The number of benzene rings is 1. The molecular formula is C24H24ClF3N8. The number of fused-ring (bicyclic) bond motifs is 3. The van der Waals surface area contributed by atoms with Crippen molar-refractivity contribution in [3.8, 4) is 11.8 Å². The maximum absolute atomic E-state index is 14.0. The molecule has 0 aliphatic carbocycles. The van der Waals surface area contributed by atoms with E-state index < -0.39 is 11.7 Å². The topological polar surface area (TPSA) is 86.8 Å². The van der Waals surface area contributed by atoms with E-state index in [0.29, 0.717) is 41.1 Å². The van der Waals surface area contributed by atoms with E-state index in [-0.39, 0.29) is 19.0 Å². The van der Waals surface area contributed by atoms with Crippen molar-refractivity contribution in [2.24, 2.45) is 0 Å². The predicted octanol–water partition coefficient (Wildman–Crippen LogP) is 4.62. The monoisotopic (exact) mass is 516 g/mol. The van der Waals surface area contributed by atoms with Crippen LogP contribution in [0.4, 0.5) is 19.1 Å². The summed E-state index contributed by atoms with van der Waals surface area (Å²) in [6, 6.07) is 8.88. The summed E-state index contributed by atoms with van der Waals surface area (Å²) >= 11 is 6.25. The van der Waals surface area contributed by atoms with Crippen LogP contribution in [0.1, 0.15) is 55.5 Å². The van der Waals surface area contributed by atoms with Gasteiger partial charge >= 0.3 is 6.18 Å². The van der Waals surface area contributed by atoms with E-state index >= 15 is 0 Å². The fourth-order valence-electron chi connectivity index (χ4n) is 4.77. The van der Waals surface area contributed by atoms with Crippen LogP contribution in [0.5, 0.6) is 0 Å². The number of nitriles is 1. The molecule has 1 aromatic carbocycles. The zero-order valence-electron chi connectivity index (χ0n) is 19.8. The van der Waals surface area contributed by atoms with Gasteiger partial charge < -0.3 is 4.90 Å². The lowest BCUT2D eigenvalue weighted by Crippen LogP contribution is -2.53. The normalized spacial score (nSPS) is 17.3. The van der Waals surface area contributed by atoms with Crippen LogP contribution in [-0.4, -0.2) is 54.4 Å². The Kier molecular flexibility index (Phi) is 6.12. The third kappa shape index (κ3) is 4.29. The van der Waals surface area contributed by atoms with Crippen molar-refractivity contribution in [3.05, 3.63) is 58.4 Å². The van der Waals surface area contributed by atoms with Gasteiger partial charge in [-0.1, -0.05) is 11.6 Å². The second kappa shape index (κ2) is 9.01. The summed E-state index contributed by atoms with van der Waals surface area (Å²) in [4.78, 5) is 12.0. The average Bonchev–Trinajstić information content (AvgIpc) is 3.19. The lowest BCUT2D eigenvalue weighted by Gasteiger charge is -2.38. The van der Waals surface area contributed by atoms with Gasteiger partial charge in [-0.25, -0.2) is 9.97 Å². The molecule has 4 heterocycles. The van der Waals surface area contributed by atoms with Gasteiger partial charge in [-0.15, -0.1) is 10.2 Å². The molecule has 2 aromatic heterocycles. The maximum atomic E-state index is 14.0. The molecule has 36 heavy (non-hydrogen) atoms. The first kappa shape index (κ1) is 24.5. The van der Waals surface area contributed by atoms with E-state index in [2.05, 4.69) is 20.2 Å². The molecule has 2 aliphatic rings. The Morgan fingerprint density at radius 3 is 2.53 bits per heavy atom. The Labute approximate surface area is 211 Å². The van der Waals surface area contributed by atoms with Gasteiger partial charge in [0.1, 0.15) is 23.1 Å². The summed E-state index contributed by atoms with van der Waals surface area (Å²) in [6.45, 7) is 3.76. The van der Waals surface area contributed by atoms with Gasteiger partial charge in [0.25, 0.3) is 0 Å². The number of nitrogens with zero attached hydrogens (tertiary/aromatic N) is 8. The number of aromatic nitrogens is 5. The van der Waals surface area contributed by atoms with Gasteiger partial charge in [0.05, 0.1) is 12.2 Å². The molecule has 8 nitrogen and oxygen atoms in total. The molecule has 188 valence electrons. The summed E-state index contributed by atoms with van der Waals surface area (Å²) < 4.78 is 43.8. The molecule has 0 bridgehead atoms. The first-order valence-corrected chi connectivity index (χ1v) is 12.0. The number of alkyl halides is 3. The Morgan fingerprint density at radius 1 is 1.08 bits per heavy atom. The number of hydrogen-bond donors (Lipinski definition) is 0. The number of anilines is 1. The van der Waals surface area contributed by atoms with Gasteiger partial charge in [-0.3, -0.25) is 9.47 Å². The molecule has 0 unspecified atom stereocenters. The molecule has 0 amide bonds. The first-order valence-electron chi connectivity index (χ1n) is 11.6. The molecule has 12 heteroatoms. The first-order chi connectivity index (χ1) is 17.1. The van der Waals surface area contributed by atoms with Gasteiger partial charge in [0, 0.05) is 36.8 Å². The quantitative estimate of drug-likeness (QED) is 0.502. The second-order valence-corrected chi connectivity index (χ2v) is 10.0. The van der Waals surface area contributed by atoms with E-state index in [1.165, 1.54) is 18.7 Å². The van der Waals surface area contributed by atoms with Crippen molar-refractivity contribution < 1.29 is 13.2 Å². The number of rotatable bonds is 3. The van der Waals surface area contributed by atoms with Crippen LogP contribution in [-0.2, 0) is 13.1 Å². The minimum atomic E-state index is -4.43. The maximum Gasteiger partial charge on any atom is 0.406 e. The lowest BCUT2D eigenvalue weighted by atomic mass is 9.95. The van der Waals surface area contributed by atoms with E-state index in [4.69, 9.17) is 16.9 Å². The van der Waals surface area contributed by atoms with Crippen molar-refractivity contribution >= 4 is 17.5 Å². The van der Waals surface area contributed by atoms with Gasteiger partial charge in [0.2, 0.25) is 5.95 Å². The third-order valence-electron chi connectivity index (χ3n) is 7.12. The zero-order valence-corrected chi connectivity index (χ0v) is 20.6. The molecule has 5 rings (SSSR count). The van der Waals surface area contributed by atoms with E-state index in [1.54, 1.807) is 24.4 Å². The van der Waals surface area contributed by atoms with Crippen molar-refractivity contribution in [1.29, 1.82) is 5.26 Å². The number of piperidine rings is 1. The number of halogens is 4. The molecular weight excluding hydrogens is 493 g/mol. The van der Waals surface area contributed by atoms with Crippen LogP contribution in [0, 0.1) is 11.3 Å². The van der Waals surface area contributed by atoms with Crippen molar-refractivity contribution in [3.63, 3.8) is 0 Å². The molecule has 1 saturated heterocycles. The highest BCUT2D eigenvalue weighted by atomic mass is 35.5. The summed E-state index contributed by atoms with van der Waals surface area (Å²) in [5.74, 6) is 1.76. The molecule has 1 fully saturated rings. The fraction of sp³-hybridized carbons (Fsp3) is 0.458. The molecule has 2 aliphatic heterocycles. The highest BCUT2D eigenvalue weighted by Gasteiger charge is 2.52. The summed E-state index contributed by atoms with van der Waals surface area (Å²) in [5, 5.41) is 18.4. The van der Waals surface area contributed by atoms with Gasteiger partial charge in [-0.05, 0) is 56.5 Å². The van der Waals surface area contributed by atoms with Gasteiger partial charge in [-0.2, -0.15) is 18.4 Å². The Bertz CT molecular complexity index is 1320. The van der Waals surface area contributed by atoms with Crippen molar-refractivity contribution in [2.45, 2.75) is 57.4 Å². The molecule has 0 atom stereocenters. The van der Waals surface area contributed by atoms with Crippen LogP contribution in [0.2, 0.25) is 5.02 Å². The minimum absolute atomic E-state index is 0.000550. The predicted molar refractivity (Wildman–Crippen MR) is 127 cm³/mol. The molecule has 0 N–H and O–H groups in total. The van der Waals surface area contributed by atoms with E-state index in [9.17, 15) is 13.2 Å². The molecule has 3 aromatic rings. The second-order valence-electron chi connectivity index (χ2n) is 9.61. The summed E-state index contributed by atoms with van der Waals surface area (Å²) in [5.41, 5.74) is -0.315. The smallest absolute Gasteiger partial charge is 0.341 e. The number of hydrogen-bond acceptors (Lipinski definition) is 7. The van der Waals surface area contributed by atoms with Crippen LogP contribution in [0.3, 0.4) is 0 Å². The SMILES string of the molecule is CC(C)(N1Cc2cc(Cl)ccc2-n2c(nnc2C2CCN(c3nccc(C#N)n3)CC2)C1)C(F)(F)F. The Balaban J connectivity index is 1.47. The fourth-order valence-corrected chi connectivity index (χ4v) is 4.96. The lowest BCUT2D eigenvalue weighted by molar-refractivity contribution is -0.224. The standard InChI is InChI=1S/C24H24ClF3N8/c1-23(2,24(26,27)28)35-13-16-11-17(25)3-4-19(16)36-20(14-35)32-33-21(36)15-6-9-34(10-7-15)22-30-8-5-18(12-29)31-22/h3-5,8,11,15H,6-7,9-10,13-14H2,1-2H3. The third-order valence-corrected chi connectivity index (χ3v) is 7.35. The minimum Gasteiger partial charge on any atom is -0.341 e. The largest absolute Gasteiger partial charge is 0.406 e. The average molecular weight is 517 g/mol. The van der Waals surface area contributed by atoms with Crippen molar-refractivity contribution in [2.75, 3.05) is 18.0 Å². The Morgan fingerprint density at radius 2 is 1.83 bits per heavy atom. The van der Waals surface area contributed by atoms with Crippen LogP contribution in [0.15, 0.2) is 30.5 Å². The van der Waals surface area contributed by atoms with Crippen LogP contribution >= 0.6 is 11.6 Å². The van der Waals surface area contributed by atoms with Crippen LogP contribution in [0.25, 0.3) is 5.69 Å². The molecule has 0 radical (unpaired) electrons. The zero-order chi connectivity index (χ0) is 25.7. The molecule has 0 saturated carbocycles. The van der Waals surface area contributed by atoms with Gasteiger partial charge in [0.15, 0.2) is 5.82 Å². The van der Waals surface area contributed by atoms with Crippen LogP contribution < -0.4 is 4.90 Å². The highest BCUT2D eigenvalue weighted by Crippen LogP contribution is 2.40.